The molecule has 1 aliphatic rings. The Bertz CT molecular complexity index is 698. The van der Waals surface area contributed by atoms with Crippen LogP contribution in [0, 0.1) is 0 Å². The van der Waals surface area contributed by atoms with Crippen LogP contribution in [0.4, 0.5) is 11.5 Å². The fourth-order valence-corrected chi connectivity index (χ4v) is 3.38. The van der Waals surface area contributed by atoms with E-state index in [0.29, 0.717) is 6.54 Å². The zero-order valence-corrected chi connectivity index (χ0v) is 14.6. The van der Waals surface area contributed by atoms with Crippen molar-refractivity contribution in [3.63, 3.8) is 0 Å². The normalized spacial score (nSPS) is 16.8. The predicted octanol–water partition coefficient (Wildman–Crippen LogP) is 2.39. The van der Waals surface area contributed by atoms with Crippen molar-refractivity contribution in [1.82, 2.24) is 4.98 Å². The third kappa shape index (κ3) is 4.13. The van der Waals surface area contributed by atoms with E-state index >= 15 is 0 Å². The second kappa shape index (κ2) is 7.77. The second-order valence-corrected chi connectivity index (χ2v) is 7.42. The van der Waals surface area contributed by atoms with Gasteiger partial charge >= 0.3 is 0 Å². The van der Waals surface area contributed by atoms with Crippen LogP contribution in [-0.4, -0.2) is 39.7 Å². The second-order valence-electron chi connectivity index (χ2n) is 6.04. The highest BCUT2D eigenvalue weighted by Gasteiger charge is 2.20. The van der Waals surface area contributed by atoms with Crippen LogP contribution in [0.1, 0.15) is 18.4 Å². The van der Waals surface area contributed by atoms with Gasteiger partial charge in [0.05, 0.1) is 11.8 Å². The van der Waals surface area contributed by atoms with Gasteiger partial charge in [0, 0.05) is 47.8 Å². The summed E-state index contributed by atoms with van der Waals surface area (Å²) in [6.07, 6.45) is 4.86. The van der Waals surface area contributed by atoms with Crippen molar-refractivity contribution in [3.8, 4) is 0 Å². The molecule has 1 aromatic heterocycles. The standard InChI is InChI=1S/C18H23N3O2S/c1-24(23)16-6-4-14(5-7-16)13-20-17-3-2-10-19-18(17)21-11-8-15(22)9-12-21/h2-7,10,15,20,22H,8-9,11-13H2,1H3. The lowest BCUT2D eigenvalue weighted by molar-refractivity contribution is 0.145. The van der Waals surface area contributed by atoms with E-state index in [9.17, 15) is 9.32 Å². The Morgan fingerprint density at radius 1 is 1.25 bits per heavy atom. The zero-order valence-electron chi connectivity index (χ0n) is 13.8. The van der Waals surface area contributed by atoms with Gasteiger partial charge in [-0.1, -0.05) is 12.1 Å². The quantitative estimate of drug-likeness (QED) is 0.871. The molecule has 0 bridgehead atoms. The maximum Gasteiger partial charge on any atom is 0.151 e. The minimum Gasteiger partial charge on any atom is -0.393 e. The van der Waals surface area contributed by atoms with Gasteiger partial charge in [0.1, 0.15) is 0 Å². The summed E-state index contributed by atoms with van der Waals surface area (Å²) >= 11 is 0. The number of nitrogens with zero attached hydrogens (tertiary/aromatic N) is 2. The molecule has 0 saturated carbocycles. The molecule has 1 fully saturated rings. The molecule has 3 rings (SSSR count). The molecule has 5 nitrogen and oxygen atoms in total. The van der Waals surface area contributed by atoms with Crippen LogP contribution in [0.5, 0.6) is 0 Å². The third-order valence-corrected chi connectivity index (χ3v) is 5.22. The molecule has 2 N–H and O–H groups in total. The summed E-state index contributed by atoms with van der Waals surface area (Å²) in [4.78, 5) is 7.58. The Morgan fingerprint density at radius 3 is 2.62 bits per heavy atom. The van der Waals surface area contributed by atoms with Crippen molar-refractivity contribution in [2.45, 2.75) is 30.4 Å². The van der Waals surface area contributed by atoms with E-state index in [2.05, 4.69) is 15.2 Å². The number of pyridine rings is 1. The summed E-state index contributed by atoms with van der Waals surface area (Å²) in [5, 5.41) is 13.1. The van der Waals surface area contributed by atoms with Crippen molar-refractivity contribution < 1.29 is 9.32 Å². The van der Waals surface area contributed by atoms with Crippen LogP contribution in [0.2, 0.25) is 0 Å². The van der Waals surface area contributed by atoms with Crippen LogP contribution in [-0.2, 0) is 17.3 Å². The van der Waals surface area contributed by atoms with Gasteiger partial charge < -0.3 is 15.3 Å². The SMILES string of the molecule is CS(=O)c1ccc(CNc2cccnc2N2CCC(O)CC2)cc1. The molecule has 24 heavy (non-hydrogen) atoms. The minimum atomic E-state index is -0.945. The minimum absolute atomic E-state index is 0.191. The zero-order chi connectivity index (χ0) is 16.9. The maximum absolute atomic E-state index is 11.4. The third-order valence-electron chi connectivity index (χ3n) is 4.29. The summed E-state index contributed by atoms with van der Waals surface area (Å²) in [6, 6.07) is 11.8. The molecule has 1 aromatic carbocycles. The molecule has 1 unspecified atom stereocenters. The van der Waals surface area contributed by atoms with E-state index in [1.807, 2.05) is 36.4 Å². The van der Waals surface area contributed by atoms with Gasteiger partial charge in [-0.25, -0.2) is 4.98 Å². The molecular weight excluding hydrogens is 322 g/mol. The first-order valence-electron chi connectivity index (χ1n) is 8.18. The van der Waals surface area contributed by atoms with Crippen LogP contribution >= 0.6 is 0 Å². The topological polar surface area (TPSA) is 65.5 Å². The molecule has 1 atom stereocenters. The molecule has 1 aliphatic heterocycles. The molecule has 0 amide bonds. The number of aromatic nitrogens is 1. The molecule has 2 aromatic rings. The Morgan fingerprint density at radius 2 is 1.96 bits per heavy atom. The van der Waals surface area contributed by atoms with E-state index in [4.69, 9.17) is 0 Å². The van der Waals surface area contributed by atoms with Gasteiger partial charge in [-0.2, -0.15) is 0 Å². The summed E-state index contributed by atoms with van der Waals surface area (Å²) in [5.74, 6) is 0.940. The van der Waals surface area contributed by atoms with Gasteiger partial charge in [-0.05, 0) is 42.7 Å². The average Bonchev–Trinajstić information content (AvgIpc) is 2.61. The van der Waals surface area contributed by atoms with E-state index in [1.54, 1.807) is 12.5 Å². The smallest absolute Gasteiger partial charge is 0.151 e. The number of hydrogen-bond donors (Lipinski definition) is 2. The van der Waals surface area contributed by atoms with Crippen molar-refractivity contribution in [3.05, 3.63) is 48.2 Å². The molecule has 128 valence electrons. The Kier molecular flexibility index (Phi) is 5.48. The summed E-state index contributed by atoms with van der Waals surface area (Å²) in [7, 11) is -0.945. The first kappa shape index (κ1) is 16.9. The van der Waals surface area contributed by atoms with E-state index in [-0.39, 0.29) is 6.10 Å². The van der Waals surface area contributed by atoms with Crippen LogP contribution in [0.15, 0.2) is 47.5 Å². The monoisotopic (exact) mass is 345 g/mol. The lowest BCUT2D eigenvalue weighted by atomic mass is 10.1. The number of aliphatic hydroxyl groups excluding tert-OH is 1. The van der Waals surface area contributed by atoms with Gasteiger partial charge in [-0.15, -0.1) is 0 Å². The van der Waals surface area contributed by atoms with Gasteiger partial charge in [0.25, 0.3) is 0 Å². The number of anilines is 2. The molecule has 0 aliphatic carbocycles. The molecule has 0 radical (unpaired) electrons. The molecular formula is C18H23N3O2S. The number of piperidine rings is 1. The number of benzene rings is 1. The Labute approximate surface area is 145 Å². The van der Waals surface area contributed by atoms with Crippen molar-refractivity contribution >= 4 is 22.3 Å². The number of nitrogens with one attached hydrogen (secondary N) is 1. The fraction of sp³-hybridized carbons (Fsp3) is 0.389. The van der Waals surface area contributed by atoms with E-state index in [0.717, 1.165) is 47.9 Å². The van der Waals surface area contributed by atoms with Crippen LogP contribution in [0.3, 0.4) is 0 Å². The highest BCUT2D eigenvalue weighted by Crippen LogP contribution is 2.26. The van der Waals surface area contributed by atoms with Crippen LogP contribution < -0.4 is 10.2 Å². The largest absolute Gasteiger partial charge is 0.393 e. The maximum atomic E-state index is 11.4. The molecule has 2 heterocycles. The molecule has 6 heteroatoms. The van der Waals surface area contributed by atoms with E-state index in [1.165, 1.54) is 0 Å². The Hall–Kier alpha value is -1.92. The van der Waals surface area contributed by atoms with Crippen molar-refractivity contribution in [2.24, 2.45) is 0 Å². The highest BCUT2D eigenvalue weighted by atomic mass is 32.2. The summed E-state index contributed by atoms with van der Waals surface area (Å²) in [5.41, 5.74) is 2.13. The lowest BCUT2D eigenvalue weighted by Gasteiger charge is -2.31. The molecule has 0 spiro atoms. The predicted molar refractivity (Wildman–Crippen MR) is 97.8 cm³/mol. The highest BCUT2D eigenvalue weighted by molar-refractivity contribution is 7.84. The number of aliphatic hydroxyl groups is 1. The lowest BCUT2D eigenvalue weighted by Crippen LogP contribution is -2.36. The van der Waals surface area contributed by atoms with Gasteiger partial charge in [0.15, 0.2) is 5.82 Å². The van der Waals surface area contributed by atoms with Crippen molar-refractivity contribution in [2.75, 3.05) is 29.6 Å². The van der Waals surface area contributed by atoms with Gasteiger partial charge in [0.2, 0.25) is 0 Å². The number of hydrogen-bond acceptors (Lipinski definition) is 5. The Balaban J connectivity index is 1.68. The summed E-state index contributed by atoms with van der Waals surface area (Å²) in [6.45, 7) is 2.33. The summed E-state index contributed by atoms with van der Waals surface area (Å²) < 4.78 is 11.4. The first-order chi connectivity index (χ1) is 11.6. The van der Waals surface area contributed by atoms with E-state index < -0.39 is 10.8 Å². The number of rotatable bonds is 5. The molecule has 1 saturated heterocycles. The van der Waals surface area contributed by atoms with Gasteiger partial charge in [-0.3, -0.25) is 4.21 Å². The first-order valence-corrected chi connectivity index (χ1v) is 9.73. The van der Waals surface area contributed by atoms with Crippen LogP contribution in [0.25, 0.3) is 0 Å². The van der Waals surface area contributed by atoms with Crippen molar-refractivity contribution in [1.29, 1.82) is 0 Å². The fourth-order valence-electron chi connectivity index (χ4n) is 2.86. The average molecular weight is 345 g/mol.